The van der Waals surface area contributed by atoms with Crippen molar-refractivity contribution in [2.75, 3.05) is 0 Å². The van der Waals surface area contributed by atoms with E-state index in [1.54, 1.807) is 18.2 Å². The largest absolute Gasteiger partial charge is 0.508 e. The third kappa shape index (κ3) is 2.62. The van der Waals surface area contributed by atoms with Crippen LogP contribution in [-0.2, 0) is 6.42 Å². The third-order valence-corrected chi connectivity index (χ3v) is 1.56. The van der Waals surface area contributed by atoms with Crippen molar-refractivity contribution >= 4 is 0 Å². The van der Waals surface area contributed by atoms with Crippen LogP contribution < -0.4 is 0 Å². The summed E-state index contributed by atoms with van der Waals surface area (Å²) < 4.78 is 0. The number of phenolic OH excluding ortho intramolecular Hbond substituents is 1. The lowest BCUT2D eigenvalue weighted by molar-refractivity contribution is 0.475. The summed E-state index contributed by atoms with van der Waals surface area (Å²) in [5, 5.41) is 8.99. The molecule has 0 saturated carbocycles. The molecule has 0 amide bonds. The van der Waals surface area contributed by atoms with E-state index in [0.29, 0.717) is 5.75 Å². The van der Waals surface area contributed by atoms with E-state index in [1.165, 1.54) is 5.56 Å². The third-order valence-electron chi connectivity index (χ3n) is 1.56. The summed E-state index contributed by atoms with van der Waals surface area (Å²) in [5.74, 6) is 0.312. The van der Waals surface area contributed by atoms with Crippen LogP contribution in [0.3, 0.4) is 0 Å². The molecule has 0 saturated heterocycles. The van der Waals surface area contributed by atoms with E-state index in [1.807, 2.05) is 24.3 Å². The molecule has 0 atom stereocenters. The van der Waals surface area contributed by atoms with E-state index in [4.69, 9.17) is 5.11 Å². The molecule has 0 bridgehead atoms. The molecule has 1 rings (SSSR count). The summed E-state index contributed by atoms with van der Waals surface area (Å²) in [6, 6.07) is 7.19. The molecular formula is C11H12O. The van der Waals surface area contributed by atoms with Gasteiger partial charge in [-0.2, -0.15) is 0 Å². The number of rotatable bonds is 3. The molecule has 1 heteroatoms. The van der Waals surface area contributed by atoms with Crippen LogP contribution in [0, 0.1) is 0 Å². The van der Waals surface area contributed by atoms with Crippen LogP contribution in [0.25, 0.3) is 0 Å². The van der Waals surface area contributed by atoms with Crippen LogP contribution in [0.2, 0.25) is 0 Å². The zero-order valence-electron chi connectivity index (χ0n) is 6.90. The van der Waals surface area contributed by atoms with Gasteiger partial charge in [-0.25, -0.2) is 0 Å². The fourth-order valence-corrected chi connectivity index (χ4v) is 0.932. The van der Waals surface area contributed by atoms with Crippen molar-refractivity contribution in [3.8, 4) is 5.75 Å². The summed E-state index contributed by atoms with van der Waals surface area (Å²) in [5.41, 5.74) is 1.19. The first-order valence-corrected chi connectivity index (χ1v) is 3.88. The van der Waals surface area contributed by atoms with E-state index in [9.17, 15) is 0 Å². The molecule has 0 fully saturated rings. The Bertz CT molecular complexity index is 270. The Labute approximate surface area is 72.7 Å². The number of phenols is 1. The highest BCUT2D eigenvalue weighted by atomic mass is 16.3. The first kappa shape index (κ1) is 8.60. The smallest absolute Gasteiger partial charge is 0.115 e. The Morgan fingerprint density at radius 2 is 1.92 bits per heavy atom. The number of allylic oxidation sites excluding steroid dienone is 3. The van der Waals surface area contributed by atoms with Gasteiger partial charge in [-0.15, -0.1) is 0 Å². The molecule has 1 aromatic carbocycles. The van der Waals surface area contributed by atoms with Gasteiger partial charge in [-0.3, -0.25) is 0 Å². The Hall–Kier alpha value is -1.50. The maximum atomic E-state index is 8.99. The van der Waals surface area contributed by atoms with Crippen LogP contribution >= 0.6 is 0 Å². The van der Waals surface area contributed by atoms with E-state index in [-0.39, 0.29) is 0 Å². The van der Waals surface area contributed by atoms with Gasteiger partial charge >= 0.3 is 0 Å². The number of aromatic hydroxyl groups is 1. The van der Waals surface area contributed by atoms with Crippen LogP contribution in [0.1, 0.15) is 5.56 Å². The normalized spacial score (nSPS) is 10.3. The topological polar surface area (TPSA) is 20.2 Å². The Kier molecular flexibility index (Phi) is 3.15. The highest BCUT2D eigenvalue weighted by molar-refractivity contribution is 5.27. The first-order valence-electron chi connectivity index (χ1n) is 3.88. The molecule has 1 nitrogen and oxygen atoms in total. The number of hydrogen-bond donors (Lipinski definition) is 1. The fraction of sp³-hybridized carbons (Fsp3) is 0.0909. The predicted molar refractivity (Wildman–Crippen MR) is 51.1 cm³/mol. The highest BCUT2D eigenvalue weighted by Crippen LogP contribution is 2.10. The molecule has 0 aliphatic rings. The van der Waals surface area contributed by atoms with Crippen LogP contribution in [0.5, 0.6) is 5.75 Å². The standard InChI is InChI=1S/C11H12O/c1-2-3-4-5-10-6-8-11(12)9-7-10/h2-4,6-9,12H,1,5H2/b4-3+. The van der Waals surface area contributed by atoms with Gasteiger partial charge in [-0.1, -0.05) is 36.9 Å². The van der Waals surface area contributed by atoms with Crippen molar-refractivity contribution in [2.24, 2.45) is 0 Å². The maximum absolute atomic E-state index is 8.99. The molecule has 0 spiro atoms. The minimum atomic E-state index is 0.312. The second-order valence-corrected chi connectivity index (χ2v) is 2.53. The van der Waals surface area contributed by atoms with Gasteiger partial charge in [0.1, 0.15) is 5.75 Å². The quantitative estimate of drug-likeness (QED) is 0.674. The number of benzene rings is 1. The van der Waals surface area contributed by atoms with E-state index in [2.05, 4.69) is 6.58 Å². The molecule has 0 unspecified atom stereocenters. The highest BCUT2D eigenvalue weighted by Gasteiger charge is 1.88. The van der Waals surface area contributed by atoms with Gasteiger partial charge in [0.25, 0.3) is 0 Å². The van der Waals surface area contributed by atoms with Crippen molar-refractivity contribution in [2.45, 2.75) is 6.42 Å². The fourth-order valence-electron chi connectivity index (χ4n) is 0.932. The molecule has 0 aliphatic heterocycles. The molecule has 1 N–H and O–H groups in total. The lowest BCUT2D eigenvalue weighted by Crippen LogP contribution is -1.78. The second-order valence-electron chi connectivity index (χ2n) is 2.53. The molecule has 0 radical (unpaired) electrons. The number of hydrogen-bond acceptors (Lipinski definition) is 1. The van der Waals surface area contributed by atoms with Gasteiger partial charge in [0.15, 0.2) is 0 Å². The maximum Gasteiger partial charge on any atom is 0.115 e. The molecule has 0 heterocycles. The molecule has 1 aromatic rings. The summed E-state index contributed by atoms with van der Waals surface area (Å²) in [6.45, 7) is 3.58. The molecule has 0 aromatic heterocycles. The monoisotopic (exact) mass is 160 g/mol. The molecule has 0 aliphatic carbocycles. The zero-order valence-corrected chi connectivity index (χ0v) is 6.90. The Balaban J connectivity index is 2.58. The average molecular weight is 160 g/mol. The van der Waals surface area contributed by atoms with Gasteiger partial charge in [0, 0.05) is 0 Å². The van der Waals surface area contributed by atoms with Crippen LogP contribution in [0.4, 0.5) is 0 Å². The minimum absolute atomic E-state index is 0.312. The van der Waals surface area contributed by atoms with Crippen LogP contribution in [0.15, 0.2) is 49.1 Å². The summed E-state index contributed by atoms with van der Waals surface area (Å²) in [7, 11) is 0. The minimum Gasteiger partial charge on any atom is -0.508 e. The van der Waals surface area contributed by atoms with Crippen LogP contribution in [-0.4, -0.2) is 5.11 Å². The average Bonchev–Trinajstić information content (AvgIpc) is 2.09. The molecular weight excluding hydrogens is 148 g/mol. The van der Waals surface area contributed by atoms with Gasteiger partial charge < -0.3 is 5.11 Å². The van der Waals surface area contributed by atoms with E-state index in [0.717, 1.165) is 6.42 Å². The first-order chi connectivity index (χ1) is 5.83. The summed E-state index contributed by atoms with van der Waals surface area (Å²) in [6.07, 6.45) is 6.57. The predicted octanol–water partition coefficient (Wildman–Crippen LogP) is 2.68. The SMILES string of the molecule is C=C/C=C/Cc1ccc(O)cc1. The van der Waals surface area contributed by atoms with Gasteiger partial charge in [-0.05, 0) is 24.1 Å². The molecule has 12 heavy (non-hydrogen) atoms. The van der Waals surface area contributed by atoms with Crippen molar-refractivity contribution in [1.82, 2.24) is 0 Å². The van der Waals surface area contributed by atoms with E-state index < -0.39 is 0 Å². The van der Waals surface area contributed by atoms with Crippen molar-refractivity contribution in [3.05, 3.63) is 54.6 Å². The van der Waals surface area contributed by atoms with Gasteiger partial charge in [0.05, 0.1) is 0 Å². The summed E-state index contributed by atoms with van der Waals surface area (Å²) >= 11 is 0. The Morgan fingerprint density at radius 3 is 2.50 bits per heavy atom. The lowest BCUT2D eigenvalue weighted by atomic mass is 10.1. The Morgan fingerprint density at radius 1 is 1.25 bits per heavy atom. The zero-order chi connectivity index (χ0) is 8.81. The van der Waals surface area contributed by atoms with Crippen molar-refractivity contribution in [3.63, 3.8) is 0 Å². The summed E-state index contributed by atoms with van der Waals surface area (Å²) in [4.78, 5) is 0. The molecule has 62 valence electrons. The van der Waals surface area contributed by atoms with Crippen molar-refractivity contribution in [1.29, 1.82) is 0 Å². The lowest BCUT2D eigenvalue weighted by Gasteiger charge is -1.95. The second kappa shape index (κ2) is 4.39. The van der Waals surface area contributed by atoms with Crippen molar-refractivity contribution < 1.29 is 5.11 Å². The van der Waals surface area contributed by atoms with E-state index >= 15 is 0 Å². The van der Waals surface area contributed by atoms with Gasteiger partial charge in [0.2, 0.25) is 0 Å².